The average Bonchev–Trinajstić information content (AvgIpc) is 2.89. The zero-order chi connectivity index (χ0) is 12.9. The first-order valence-electron chi connectivity index (χ1n) is 7.72. The van der Waals surface area contributed by atoms with Gasteiger partial charge in [-0.15, -0.1) is 0 Å². The lowest BCUT2D eigenvalue weighted by Gasteiger charge is -2.00. The fourth-order valence-electron chi connectivity index (χ4n) is 2.22. The van der Waals surface area contributed by atoms with Crippen molar-refractivity contribution in [1.82, 2.24) is 4.57 Å². The minimum atomic E-state index is 1.22. The van der Waals surface area contributed by atoms with Crippen LogP contribution in [-0.4, -0.2) is 4.57 Å². The Morgan fingerprint density at radius 1 is 0.778 bits per heavy atom. The first-order valence-corrected chi connectivity index (χ1v) is 7.72. The topological polar surface area (TPSA) is 4.93 Å². The Kier molecular flexibility index (Phi) is 9.32. The van der Waals surface area contributed by atoms with Crippen LogP contribution in [0, 0.1) is 0 Å². The molecule has 1 heteroatoms. The SMILES string of the molecule is CCCCCCCCCCCC=Cn1cccc1. The Balaban J connectivity index is 1.81. The third-order valence-corrected chi connectivity index (χ3v) is 3.38. The number of rotatable bonds is 11. The van der Waals surface area contributed by atoms with Crippen LogP contribution in [0.3, 0.4) is 0 Å². The van der Waals surface area contributed by atoms with Gasteiger partial charge in [-0.2, -0.15) is 0 Å². The van der Waals surface area contributed by atoms with E-state index in [0.29, 0.717) is 0 Å². The van der Waals surface area contributed by atoms with Gasteiger partial charge in [0.15, 0.2) is 0 Å². The largest absolute Gasteiger partial charge is 0.331 e. The van der Waals surface area contributed by atoms with E-state index in [4.69, 9.17) is 0 Å². The van der Waals surface area contributed by atoms with Gasteiger partial charge in [0.25, 0.3) is 0 Å². The molecule has 0 aliphatic carbocycles. The number of nitrogens with zero attached hydrogens (tertiary/aromatic N) is 1. The summed E-state index contributed by atoms with van der Waals surface area (Å²) in [6.45, 7) is 2.28. The number of hydrogen-bond donors (Lipinski definition) is 0. The lowest BCUT2D eigenvalue weighted by atomic mass is 10.1. The van der Waals surface area contributed by atoms with Gasteiger partial charge in [-0.25, -0.2) is 0 Å². The normalized spacial score (nSPS) is 11.4. The molecule has 0 amide bonds. The molecule has 1 nitrogen and oxygen atoms in total. The second-order valence-electron chi connectivity index (χ2n) is 5.13. The van der Waals surface area contributed by atoms with Crippen LogP contribution in [0.15, 0.2) is 30.6 Å². The molecule has 0 fully saturated rings. The maximum Gasteiger partial charge on any atom is 0.00823 e. The molecule has 1 rings (SSSR count). The van der Waals surface area contributed by atoms with E-state index >= 15 is 0 Å². The number of unbranched alkanes of at least 4 members (excludes halogenated alkanes) is 9. The number of hydrogen-bond acceptors (Lipinski definition) is 0. The van der Waals surface area contributed by atoms with E-state index in [1.54, 1.807) is 0 Å². The Bertz CT molecular complexity index is 285. The monoisotopic (exact) mass is 247 g/mol. The molecule has 0 spiro atoms. The van der Waals surface area contributed by atoms with Crippen LogP contribution in [0.1, 0.15) is 71.1 Å². The molecule has 0 saturated heterocycles. The lowest BCUT2D eigenvalue weighted by Crippen LogP contribution is -1.81. The summed E-state index contributed by atoms with van der Waals surface area (Å²) in [6.07, 6.45) is 22.5. The highest BCUT2D eigenvalue weighted by molar-refractivity contribution is 5.22. The molecule has 0 radical (unpaired) electrons. The zero-order valence-corrected chi connectivity index (χ0v) is 12.0. The molecule has 0 unspecified atom stereocenters. The first-order chi connectivity index (χ1) is 8.93. The van der Waals surface area contributed by atoms with Crippen molar-refractivity contribution in [2.75, 3.05) is 0 Å². The zero-order valence-electron chi connectivity index (χ0n) is 12.0. The minimum absolute atomic E-state index is 1.22. The van der Waals surface area contributed by atoms with Gasteiger partial charge in [-0.1, -0.05) is 64.4 Å². The van der Waals surface area contributed by atoms with Gasteiger partial charge < -0.3 is 4.57 Å². The maximum absolute atomic E-state index is 2.28. The van der Waals surface area contributed by atoms with Crippen LogP contribution in [-0.2, 0) is 0 Å². The molecule has 1 heterocycles. The standard InChI is InChI=1S/C17H29N/c1-2-3-4-5-6-7-8-9-10-11-12-15-18-16-13-14-17-18/h12-17H,2-11H2,1H3. The summed E-state index contributed by atoms with van der Waals surface area (Å²) < 4.78 is 2.10. The van der Waals surface area contributed by atoms with E-state index in [0.717, 1.165) is 0 Å². The molecule has 0 aliphatic rings. The van der Waals surface area contributed by atoms with Crippen molar-refractivity contribution >= 4 is 6.20 Å². The summed E-state index contributed by atoms with van der Waals surface area (Å²) in [4.78, 5) is 0. The molecule has 0 bridgehead atoms. The van der Waals surface area contributed by atoms with E-state index < -0.39 is 0 Å². The summed E-state index contributed by atoms with van der Waals surface area (Å²) in [5, 5.41) is 0. The van der Waals surface area contributed by atoms with E-state index in [1.807, 2.05) is 0 Å². The van der Waals surface area contributed by atoms with Crippen molar-refractivity contribution in [1.29, 1.82) is 0 Å². The van der Waals surface area contributed by atoms with E-state index in [1.165, 1.54) is 64.2 Å². The second-order valence-corrected chi connectivity index (χ2v) is 5.13. The Hall–Kier alpha value is -0.980. The van der Waals surface area contributed by atoms with Crippen molar-refractivity contribution < 1.29 is 0 Å². The van der Waals surface area contributed by atoms with Gasteiger partial charge in [0.1, 0.15) is 0 Å². The Morgan fingerprint density at radius 2 is 1.33 bits per heavy atom. The molecule has 0 saturated carbocycles. The van der Waals surface area contributed by atoms with Gasteiger partial charge in [0.05, 0.1) is 0 Å². The molecule has 1 aromatic rings. The number of aromatic nitrogens is 1. The summed E-state index contributed by atoms with van der Waals surface area (Å²) in [5.74, 6) is 0. The molecule has 102 valence electrons. The summed E-state index contributed by atoms with van der Waals surface area (Å²) in [5.41, 5.74) is 0. The predicted octanol–water partition coefficient (Wildman–Crippen LogP) is 5.88. The summed E-state index contributed by atoms with van der Waals surface area (Å²) >= 11 is 0. The smallest absolute Gasteiger partial charge is 0.00823 e. The quantitative estimate of drug-likeness (QED) is 0.430. The third-order valence-electron chi connectivity index (χ3n) is 3.38. The van der Waals surface area contributed by atoms with Crippen molar-refractivity contribution in [3.05, 3.63) is 30.6 Å². The molecule has 0 aromatic carbocycles. The molecular weight excluding hydrogens is 218 g/mol. The van der Waals surface area contributed by atoms with Crippen LogP contribution < -0.4 is 0 Å². The first kappa shape index (κ1) is 15.1. The van der Waals surface area contributed by atoms with Crippen LogP contribution in [0.25, 0.3) is 6.20 Å². The molecule has 0 aliphatic heterocycles. The van der Waals surface area contributed by atoms with Gasteiger partial charge >= 0.3 is 0 Å². The third kappa shape index (κ3) is 8.16. The van der Waals surface area contributed by atoms with Gasteiger partial charge in [-0.05, 0) is 25.0 Å². The lowest BCUT2D eigenvalue weighted by molar-refractivity contribution is 0.566. The van der Waals surface area contributed by atoms with Crippen molar-refractivity contribution in [3.63, 3.8) is 0 Å². The van der Waals surface area contributed by atoms with Crippen LogP contribution >= 0.6 is 0 Å². The van der Waals surface area contributed by atoms with Crippen LogP contribution in [0.4, 0.5) is 0 Å². The fourth-order valence-corrected chi connectivity index (χ4v) is 2.22. The molecule has 0 N–H and O–H groups in total. The van der Waals surface area contributed by atoms with E-state index in [2.05, 4.69) is 48.3 Å². The van der Waals surface area contributed by atoms with Crippen molar-refractivity contribution in [2.24, 2.45) is 0 Å². The highest BCUT2D eigenvalue weighted by Crippen LogP contribution is 2.10. The van der Waals surface area contributed by atoms with Gasteiger partial charge in [0, 0.05) is 18.6 Å². The highest BCUT2D eigenvalue weighted by atomic mass is 14.9. The molecule has 1 aromatic heterocycles. The van der Waals surface area contributed by atoms with Crippen molar-refractivity contribution in [2.45, 2.75) is 71.1 Å². The fraction of sp³-hybridized carbons (Fsp3) is 0.647. The summed E-state index contributed by atoms with van der Waals surface area (Å²) in [7, 11) is 0. The van der Waals surface area contributed by atoms with Gasteiger partial charge in [-0.3, -0.25) is 0 Å². The van der Waals surface area contributed by atoms with E-state index in [-0.39, 0.29) is 0 Å². The molecular formula is C17H29N. The predicted molar refractivity (Wildman–Crippen MR) is 81.6 cm³/mol. The van der Waals surface area contributed by atoms with E-state index in [9.17, 15) is 0 Å². The number of allylic oxidation sites excluding steroid dienone is 1. The highest BCUT2D eigenvalue weighted by Gasteiger charge is 1.91. The van der Waals surface area contributed by atoms with Gasteiger partial charge in [0.2, 0.25) is 0 Å². The maximum atomic E-state index is 2.28. The Morgan fingerprint density at radius 3 is 1.94 bits per heavy atom. The molecule has 0 atom stereocenters. The minimum Gasteiger partial charge on any atom is -0.331 e. The second kappa shape index (κ2) is 11.1. The Labute approximate surface area is 113 Å². The van der Waals surface area contributed by atoms with Crippen LogP contribution in [0.5, 0.6) is 0 Å². The summed E-state index contributed by atoms with van der Waals surface area (Å²) in [6, 6.07) is 4.12. The average molecular weight is 247 g/mol. The van der Waals surface area contributed by atoms with Crippen molar-refractivity contribution in [3.8, 4) is 0 Å². The van der Waals surface area contributed by atoms with Crippen LogP contribution in [0.2, 0.25) is 0 Å². The molecule has 18 heavy (non-hydrogen) atoms.